The summed E-state index contributed by atoms with van der Waals surface area (Å²) in [6, 6.07) is 0.269. The van der Waals surface area contributed by atoms with Gasteiger partial charge in [-0.1, -0.05) is 27.4 Å². The molecule has 1 unspecified atom stereocenters. The first-order valence-corrected chi connectivity index (χ1v) is 12.8. The summed E-state index contributed by atoms with van der Waals surface area (Å²) in [5.41, 5.74) is -0.486. The number of Topliss-reactive ketones (excluding diaryl/α,β-unsaturated/α-hetero) is 1. The van der Waals surface area contributed by atoms with E-state index in [-0.39, 0.29) is 40.9 Å². The second-order valence-electron chi connectivity index (χ2n) is 12.0. The molecule has 1 aromatic rings. The molecular weight excluding hydrogens is 424 g/mol. The van der Waals surface area contributed by atoms with E-state index < -0.39 is 22.7 Å². The van der Waals surface area contributed by atoms with Gasteiger partial charge in [0.05, 0.1) is 18.4 Å². The van der Waals surface area contributed by atoms with Crippen LogP contribution < -0.4 is 5.32 Å². The molecule has 8 atom stereocenters. The predicted octanol–water partition coefficient (Wildman–Crippen LogP) is 3.28. The van der Waals surface area contributed by atoms with E-state index >= 15 is 0 Å². The molecule has 0 aromatic carbocycles. The van der Waals surface area contributed by atoms with Crippen LogP contribution in [0.2, 0.25) is 0 Å². The van der Waals surface area contributed by atoms with Crippen LogP contribution in [0.15, 0.2) is 12.2 Å². The first-order chi connectivity index (χ1) is 14.9. The fraction of sp³-hybridized carbons (Fsp3) is 0.760. The number of fused-ring (bicyclic) bond motifs is 3. The number of nitrogens with one attached hydrogen (secondary N) is 1. The number of rotatable bonds is 2. The number of aliphatic hydroxyl groups is 2. The summed E-state index contributed by atoms with van der Waals surface area (Å²) >= 11 is 1.71. The number of anilines is 1. The molecule has 1 aromatic heterocycles. The molecule has 5 fully saturated rings. The summed E-state index contributed by atoms with van der Waals surface area (Å²) in [5.74, 6) is -2.62. The lowest BCUT2D eigenvalue weighted by atomic mass is 9.35. The number of hydrogen-bond acceptors (Lipinski definition) is 7. The van der Waals surface area contributed by atoms with Crippen molar-refractivity contribution in [2.24, 2.45) is 34.5 Å². The molecule has 6 aliphatic rings. The van der Waals surface area contributed by atoms with Crippen molar-refractivity contribution in [1.29, 1.82) is 0 Å². The Labute approximate surface area is 193 Å². The monoisotopic (exact) mass is 458 g/mol. The molecule has 0 radical (unpaired) electrons. The molecule has 174 valence electrons. The van der Waals surface area contributed by atoms with Crippen LogP contribution in [0.4, 0.5) is 5.13 Å². The van der Waals surface area contributed by atoms with E-state index in [1.165, 1.54) is 4.88 Å². The van der Waals surface area contributed by atoms with E-state index in [2.05, 4.69) is 39.6 Å². The maximum Gasteiger partial charge on any atom is 0.184 e. The third kappa shape index (κ3) is 2.01. The number of carbonyl (C=O) groups is 1. The molecule has 2 saturated heterocycles. The Morgan fingerprint density at radius 2 is 2.03 bits per heavy atom. The summed E-state index contributed by atoms with van der Waals surface area (Å²) in [7, 11) is 0. The molecule has 3 saturated carbocycles. The molecule has 32 heavy (non-hydrogen) atoms. The zero-order valence-corrected chi connectivity index (χ0v) is 20.4. The van der Waals surface area contributed by atoms with Crippen molar-refractivity contribution >= 4 is 22.3 Å². The standard InChI is InChI=1S/C25H34N2O4S/c1-11(2)26-21-27-18-15(32-21)9-22(5,6)17-13(4)25(30)24-16(23(17,18)10-31-25)8-7-14(20(24)29)12(3)19(24)28/h11,13-14,16-17,20,29-30H,3,7-10H2,1-2,4-6H3,(H,26,27)/t13-,14-,16-,17+,20+,23-,24?,25-/m0/s1. The van der Waals surface area contributed by atoms with Gasteiger partial charge in [0, 0.05) is 28.2 Å². The largest absolute Gasteiger partial charge is 0.391 e. The quantitative estimate of drug-likeness (QED) is 0.589. The summed E-state index contributed by atoms with van der Waals surface area (Å²) in [4.78, 5) is 20.2. The van der Waals surface area contributed by atoms with E-state index in [0.717, 1.165) is 23.7 Å². The normalized spacial score (nSPS) is 47.9. The van der Waals surface area contributed by atoms with Gasteiger partial charge in [-0.15, -0.1) is 11.3 Å². The number of nitrogens with zero attached hydrogens (tertiary/aromatic N) is 1. The van der Waals surface area contributed by atoms with Gasteiger partial charge in [-0.3, -0.25) is 4.79 Å². The molecular formula is C25H34N2O4S. The van der Waals surface area contributed by atoms with Gasteiger partial charge >= 0.3 is 0 Å². The first-order valence-electron chi connectivity index (χ1n) is 12.0. The SMILES string of the molecule is C=C1C(=O)C23[C@H](O)[C@H]1CC[C@H]2[C@@]12CO[C@@]3(O)[C@@H](C)[C@@H]1C(C)(C)Cc1sc(NC(C)C)nc12. The third-order valence-electron chi connectivity index (χ3n) is 9.70. The molecule has 4 bridgehead atoms. The summed E-state index contributed by atoms with van der Waals surface area (Å²) in [5, 5.41) is 28.1. The highest BCUT2D eigenvalue weighted by Gasteiger charge is 2.85. The van der Waals surface area contributed by atoms with Crippen LogP contribution in [-0.4, -0.2) is 45.5 Å². The van der Waals surface area contributed by atoms with Crippen LogP contribution in [-0.2, 0) is 21.4 Å². The highest BCUT2D eigenvalue weighted by molar-refractivity contribution is 7.15. The van der Waals surface area contributed by atoms with Gasteiger partial charge in [0.2, 0.25) is 0 Å². The van der Waals surface area contributed by atoms with E-state index in [1.807, 2.05) is 6.92 Å². The Bertz CT molecular complexity index is 1050. The summed E-state index contributed by atoms with van der Waals surface area (Å²) < 4.78 is 6.33. The lowest BCUT2D eigenvalue weighted by molar-refractivity contribution is -0.417. The molecule has 3 N–H and O–H groups in total. The van der Waals surface area contributed by atoms with Gasteiger partial charge in [0.25, 0.3) is 0 Å². The summed E-state index contributed by atoms with van der Waals surface area (Å²) in [6.45, 7) is 15.2. The molecule has 6 nitrogen and oxygen atoms in total. The van der Waals surface area contributed by atoms with Crippen molar-refractivity contribution in [2.45, 2.75) is 77.2 Å². The van der Waals surface area contributed by atoms with E-state index in [0.29, 0.717) is 18.6 Å². The van der Waals surface area contributed by atoms with Crippen LogP contribution in [0.25, 0.3) is 0 Å². The van der Waals surface area contributed by atoms with Crippen molar-refractivity contribution in [3.8, 4) is 0 Å². The highest BCUT2D eigenvalue weighted by atomic mass is 32.1. The lowest BCUT2D eigenvalue weighted by Gasteiger charge is -2.74. The number of ether oxygens (including phenoxy) is 1. The summed E-state index contributed by atoms with van der Waals surface area (Å²) in [6.07, 6.45) is 1.40. The molecule has 2 spiro atoms. The van der Waals surface area contributed by atoms with Crippen LogP contribution in [0.5, 0.6) is 0 Å². The number of ketones is 1. The van der Waals surface area contributed by atoms with Crippen molar-refractivity contribution in [1.82, 2.24) is 4.98 Å². The third-order valence-corrected chi connectivity index (χ3v) is 10.7. The molecule has 4 aliphatic carbocycles. The first kappa shape index (κ1) is 21.3. The smallest absolute Gasteiger partial charge is 0.184 e. The van der Waals surface area contributed by atoms with Gasteiger partial charge < -0.3 is 20.3 Å². The molecule has 3 heterocycles. The van der Waals surface area contributed by atoms with E-state index in [1.54, 1.807) is 11.3 Å². The maximum absolute atomic E-state index is 13.9. The number of thiazole rings is 1. The van der Waals surface area contributed by atoms with Crippen LogP contribution >= 0.6 is 11.3 Å². The second-order valence-corrected chi connectivity index (χ2v) is 13.0. The van der Waals surface area contributed by atoms with Crippen molar-refractivity contribution in [3.63, 3.8) is 0 Å². The molecule has 2 aliphatic heterocycles. The average Bonchev–Trinajstić information content (AvgIpc) is 3.12. The number of aromatic nitrogens is 1. The number of aliphatic hydroxyl groups excluding tert-OH is 1. The van der Waals surface area contributed by atoms with Crippen LogP contribution in [0, 0.1) is 34.5 Å². The van der Waals surface area contributed by atoms with Gasteiger partial charge in [-0.25, -0.2) is 4.98 Å². The van der Waals surface area contributed by atoms with E-state index in [9.17, 15) is 15.0 Å². The van der Waals surface area contributed by atoms with Crippen molar-refractivity contribution < 1.29 is 19.7 Å². The maximum atomic E-state index is 13.9. The Hall–Kier alpha value is -1.28. The zero-order chi connectivity index (χ0) is 23.0. The number of carbonyl (C=O) groups excluding carboxylic acids is 1. The minimum atomic E-state index is -1.69. The molecule has 0 amide bonds. The average molecular weight is 459 g/mol. The fourth-order valence-corrected chi connectivity index (χ4v) is 10.4. The topological polar surface area (TPSA) is 91.7 Å². The molecule has 7 heteroatoms. The Kier molecular flexibility index (Phi) is 4.01. The van der Waals surface area contributed by atoms with Crippen molar-refractivity contribution in [2.75, 3.05) is 11.9 Å². The van der Waals surface area contributed by atoms with Gasteiger partial charge in [-0.2, -0.15) is 0 Å². The second kappa shape index (κ2) is 6.04. The predicted molar refractivity (Wildman–Crippen MR) is 122 cm³/mol. The Balaban J connectivity index is 1.65. The van der Waals surface area contributed by atoms with Crippen LogP contribution in [0.1, 0.15) is 58.0 Å². The minimum Gasteiger partial charge on any atom is -0.391 e. The number of hydrogen-bond donors (Lipinski definition) is 3. The van der Waals surface area contributed by atoms with Crippen molar-refractivity contribution in [3.05, 3.63) is 22.7 Å². The lowest BCUT2D eigenvalue weighted by Crippen LogP contribution is -2.83. The van der Waals surface area contributed by atoms with Crippen LogP contribution in [0.3, 0.4) is 0 Å². The highest BCUT2D eigenvalue weighted by Crippen LogP contribution is 2.77. The van der Waals surface area contributed by atoms with Gasteiger partial charge in [-0.05, 0) is 55.9 Å². The van der Waals surface area contributed by atoms with Gasteiger partial charge in [0.15, 0.2) is 16.7 Å². The zero-order valence-electron chi connectivity index (χ0n) is 19.6. The minimum absolute atomic E-state index is 0.0938. The Morgan fingerprint density at radius 3 is 2.72 bits per heavy atom. The Morgan fingerprint density at radius 1 is 1.31 bits per heavy atom. The molecule has 7 rings (SSSR count). The van der Waals surface area contributed by atoms with Gasteiger partial charge in [0.1, 0.15) is 5.41 Å². The fourth-order valence-electron chi connectivity index (χ4n) is 8.99. The van der Waals surface area contributed by atoms with E-state index in [4.69, 9.17) is 9.72 Å².